The first-order valence-corrected chi connectivity index (χ1v) is 4.07. The monoisotopic (exact) mass is 160 g/mol. The Morgan fingerprint density at radius 3 is 2.58 bits per heavy atom. The van der Waals surface area contributed by atoms with E-state index in [4.69, 9.17) is 0 Å². The summed E-state index contributed by atoms with van der Waals surface area (Å²) in [5.74, 6) is 0. The van der Waals surface area contributed by atoms with Crippen molar-refractivity contribution in [2.45, 2.75) is 13.3 Å². The molecule has 0 aromatic carbocycles. The second-order valence-corrected chi connectivity index (χ2v) is 2.38. The molecule has 0 aliphatic carbocycles. The lowest BCUT2D eigenvalue weighted by Crippen LogP contribution is -1.65. The van der Waals surface area contributed by atoms with Gasteiger partial charge in [0.05, 0.1) is 0 Å². The van der Waals surface area contributed by atoms with E-state index in [1.165, 1.54) is 0 Å². The standard InChI is InChI=1S/C12H16/c1-4-6-8-9-11-12(3)10-7-5-2/h4-7,9-11H,2-3,8H2,1H3. The normalized spacial score (nSPS) is 11.8. The van der Waals surface area contributed by atoms with Gasteiger partial charge in [0, 0.05) is 0 Å². The van der Waals surface area contributed by atoms with E-state index in [0.29, 0.717) is 0 Å². The molecule has 64 valence electrons. The molecule has 12 heavy (non-hydrogen) atoms. The van der Waals surface area contributed by atoms with Crippen LogP contribution in [0.15, 0.2) is 61.3 Å². The van der Waals surface area contributed by atoms with Crippen molar-refractivity contribution in [2.75, 3.05) is 0 Å². The molecule has 0 aliphatic heterocycles. The molecule has 0 unspecified atom stereocenters. The van der Waals surface area contributed by atoms with Crippen molar-refractivity contribution in [3.8, 4) is 0 Å². The molecule has 0 N–H and O–H groups in total. The Bertz CT molecular complexity index is 214. The molecule has 0 aromatic heterocycles. The quantitative estimate of drug-likeness (QED) is 0.424. The van der Waals surface area contributed by atoms with E-state index >= 15 is 0 Å². The molecule has 0 amide bonds. The maximum Gasteiger partial charge on any atom is -0.0166 e. The van der Waals surface area contributed by atoms with E-state index in [2.05, 4.69) is 25.3 Å². The molecule has 0 heterocycles. The predicted octanol–water partition coefficient (Wildman–Crippen LogP) is 3.81. The predicted molar refractivity (Wildman–Crippen MR) is 57.0 cm³/mol. The molecule has 0 rings (SSSR count). The summed E-state index contributed by atoms with van der Waals surface area (Å²) in [7, 11) is 0. The van der Waals surface area contributed by atoms with Gasteiger partial charge in [-0.25, -0.2) is 0 Å². The zero-order valence-electron chi connectivity index (χ0n) is 7.66. The first-order valence-electron chi connectivity index (χ1n) is 4.07. The van der Waals surface area contributed by atoms with E-state index in [-0.39, 0.29) is 0 Å². The fourth-order valence-electron chi connectivity index (χ4n) is 0.681. The van der Waals surface area contributed by atoms with Gasteiger partial charge in [0.25, 0.3) is 0 Å². The Morgan fingerprint density at radius 2 is 2.00 bits per heavy atom. The van der Waals surface area contributed by atoms with Gasteiger partial charge in [-0.1, -0.05) is 55.7 Å². The van der Waals surface area contributed by atoms with Crippen molar-refractivity contribution in [3.05, 3.63) is 61.3 Å². The fraction of sp³-hybridized carbons (Fsp3) is 0.167. The SMILES string of the molecule is C=CC=CC(=C)C=CCC=CC. The van der Waals surface area contributed by atoms with E-state index in [1.807, 2.05) is 31.2 Å². The Balaban J connectivity index is 3.75. The highest BCUT2D eigenvalue weighted by molar-refractivity contribution is 5.29. The minimum absolute atomic E-state index is 0.970. The van der Waals surface area contributed by atoms with Crippen molar-refractivity contribution in [1.29, 1.82) is 0 Å². The lowest BCUT2D eigenvalue weighted by Gasteiger charge is -1.86. The van der Waals surface area contributed by atoms with Crippen molar-refractivity contribution in [2.24, 2.45) is 0 Å². The molecule has 0 atom stereocenters. The maximum absolute atomic E-state index is 3.84. The summed E-state index contributed by atoms with van der Waals surface area (Å²) in [6, 6.07) is 0. The molecule has 0 aromatic rings. The van der Waals surface area contributed by atoms with Crippen molar-refractivity contribution in [1.82, 2.24) is 0 Å². The average Bonchev–Trinajstić information content (AvgIpc) is 2.09. The summed E-state index contributed by atoms with van der Waals surface area (Å²) in [6.45, 7) is 9.44. The molecule has 0 saturated heterocycles. The summed E-state index contributed by atoms with van der Waals surface area (Å²) in [6.07, 6.45) is 14.7. The van der Waals surface area contributed by atoms with Crippen molar-refractivity contribution < 1.29 is 0 Å². The van der Waals surface area contributed by atoms with Crippen LogP contribution in [0.25, 0.3) is 0 Å². The lowest BCUT2D eigenvalue weighted by molar-refractivity contribution is 1.37. The summed E-state index contributed by atoms with van der Waals surface area (Å²) in [5, 5.41) is 0. The molecule has 0 aliphatic rings. The summed E-state index contributed by atoms with van der Waals surface area (Å²) >= 11 is 0. The van der Waals surface area contributed by atoms with Crippen LogP contribution in [0.4, 0.5) is 0 Å². The molecule has 0 saturated carbocycles. The molecule has 0 radical (unpaired) electrons. The van der Waals surface area contributed by atoms with Crippen LogP contribution in [0.3, 0.4) is 0 Å². The molecule has 0 heteroatoms. The van der Waals surface area contributed by atoms with Crippen LogP contribution in [-0.4, -0.2) is 0 Å². The molecule has 0 fully saturated rings. The van der Waals surface area contributed by atoms with Crippen LogP contribution in [0.1, 0.15) is 13.3 Å². The summed E-state index contributed by atoms with van der Waals surface area (Å²) in [4.78, 5) is 0. The van der Waals surface area contributed by atoms with Crippen LogP contribution >= 0.6 is 0 Å². The van der Waals surface area contributed by atoms with Crippen molar-refractivity contribution in [3.63, 3.8) is 0 Å². The Kier molecular flexibility index (Phi) is 6.96. The number of hydrogen-bond donors (Lipinski definition) is 0. The van der Waals surface area contributed by atoms with Gasteiger partial charge >= 0.3 is 0 Å². The van der Waals surface area contributed by atoms with Gasteiger partial charge in [-0.05, 0) is 18.9 Å². The summed E-state index contributed by atoms with van der Waals surface area (Å²) < 4.78 is 0. The van der Waals surface area contributed by atoms with Crippen LogP contribution in [0, 0.1) is 0 Å². The molecule has 0 bridgehead atoms. The minimum atomic E-state index is 0.970. The van der Waals surface area contributed by atoms with Crippen LogP contribution < -0.4 is 0 Å². The highest BCUT2D eigenvalue weighted by Gasteiger charge is 1.76. The Hall–Kier alpha value is -1.30. The highest BCUT2D eigenvalue weighted by Crippen LogP contribution is 1.97. The zero-order chi connectivity index (χ0) is 9.23. The lowest BCUT2D eigenvalue weighted by atomic mass is 10.2. The third-order valence-corrected chi connectivity index (χ3v) is 1.29. The van der Waals surface area contributed by atoms with Crippen LogP contribution in [0.5, 0.6) is 0 Å². The third kappa shape index (κ3) is 6.81. The second kappa shape index (κ2) is 7.80. The van der Waals surface area contributed by atoms with E-state index < -0.39 is 0 Å². The molecular formula is C12H16. The molecule has 0 spiro atoms. The topological polar surface area (TPSA) is 0 Å². The molecule has 0 nitrogen and oxygen atoms in total. The Morgan fingerprint density at radius 1 is 1.25 bits per heavy atom. The number of rotatable bonds is 5. The third-order valence-electron chi connectivity index (χ3n) is 1.29. The maximum atomic E-state index is 3.84. The van der Waals surface area contributed by atoms with Crippen molar-refractivity contribution >= 4 is 0 Å². The number of hydrogen-bond acceptors (Lipinski definition) is 0. The van der Waals surface area contributed by atoms with Gasteiger partial charge in [0.15, 0.2) is 0 Å². The van der Waals surface area contributed by atoms with Crippen LogP contribution in [0.2, 0.25) is 0 Å². The minimum Gasteiger partial charge on any atom is -0.0991 e. The highest BCUT2D eigenvalue weighted by atomic mass is 13.8. The Labute approximate surface area is 75.3 Å². The zero-order valence-corrected chi connectivity index (χ0v) is 7.66. The van der Waals surface area contributed by atoms with E-state index in [9.17, 15) is 0 Å². The van der Waals surface area contributed by atoms with Gasteiger partial charge in [0.2, 0.25) is 0 Å². The molecular weight excluding hydrogens is 144 g/mol. The van der Waals surface area contributed by atoms with Crippen LogP contribution in [-0.2, 0) is 0 Å². The van der Waals surface area contributed by atoms with Gasteiger partial charge < -0.3 is 0 Å². The van der Waals surface area contributed by atoms with E-state index in [0.717, 1.165) is 12.0 Å². The first kappa shape index (κ1) is 10.7. The average molecular weight is 160 g/mol. The smallest absolute Gasteiger partial charge is 0.0166 e. The van der Waals surface area contributed by atoms with Gasteiger partial charge in [-0.2, -0.15) is 0 Å². The van der Waals surface area contributed by atoms with Gasteiger partial charge in [0.1, 0.15) is 0 Å². The summed E-state index contributed by atoms with van der Waals surface area (Å²) in [5.41, 5.74) is 0.999. The second-order valence-electron chi connectivity index (χ2n) is 2.38. The number of allylic oxidation sites excluding steroid dienone is 8. The van der Waals surface area contributed by atoms with Gasteiger partial charge in [-0.15, -0.1) is 0 Å². The van der Waals surface area contributed by atoms with Gasteiger partial charge in [-0.3, -0.25) is 0 Å². The first-order chi connectivity index (χ1) is 5.81. The van der Waals surface area contributed by atoms with E-state index in [1.54, 1.807) is 6.08 Å². The fourth-order valence-corrected chi connectivity index (χ4v) is 0.681. The largest absolute Gasteiger partial charge is 0.0991 e.